The Morgan fingerprint density at radius 2 is 1.00 bits per heavy atom. The topological polar surface area (TPSA) is 56.7 Å². The maximum Gasteiger partial charge on any atom is 0.164 e. The number of hydrogen-bond donors (Lipinski definition) is 0. The van der Waals surface area contributed by atoms with Gasteiger partial charge in [0.1, 0.15) is 11.2 Å². The van der Waals surface area contributed by atoms with Crippen LogP contribution in [-0.2, 0) is 0 Å². The minimum Gasteiger partial charge on any atom is -0.456 e. The van der Waals surface area contributed by atoms with E-state index in [0.717, 1.165) is 55.3 Å². The number of aromatic nitrogens is 4. The maximum atomic E-state index is 6.67. The highest BCUT2D eigenvalue weighted by molar-refractivity contribution is 6.35. The molecule has 1 aliphatic carbocycles. The van der Waals surface area contributed by atoms with E-state index in [1.807, 2.05) is 66.7 Å². The number of fused-ring (bicyclic) bond motifs is 7. The molecule has 0 saturated heterocycles. The normalized spacial score (nSPS) is 12.1. The van der Waals surface area contributed by atoms with Crippen LogP contribution in [0.3, 0.4) is 0 Å². The lowest BCUT2D eigenvalue weighted by Crippen LogP contribution is -2.00. The lowest BCUT2D eigenvalue weighted by molar-refractivity contribution is 0.669. The van der Waals surface area contributed by atoms with Gasteiger partial charge in [-0.2, -0.15) is 0 Å². The van der Waals surface area contributed by atoms with Gasteiger partial charge < -0.3 is 8.98 Å². The van der Waals surface area contributed by atoms with Crippen molar-refractivity contribution in [3.63, 3.8) is 0 Å². The molecule has 0 unspecified atom stereocenters. The molecule has 0 spiro atoms. The Labute approximate surface area is 309 Å². The summed E-state index contributed by atoms with van der Waals surface area (Å²) in [6.07, 6.45) is 0. The van der Waals surface area contributed by atoms with E-state index in [-0.39, 0.29) is 0 Å². The van der Waals surface area contributed by atoms with Gasteiger partial charge in [0.05, 0.1) is 11.0 Å². The Morgan fingerprint density at radius 1 is 0.389 bits per heavy atom. The van der Waals surface area contributed by atoms with Gasteiger partial charge in [0.15, 0.2) is 17.5 Å². The molecule has 12 rings (SSSR count). The molecule has 3 heterocycles. The number of rotatable bonds is 4. The zero-order valence-electron chi connectivity index (χ0n) is 28.9. The Hall–Kier alpha value is -7.37. The summed E-state index contributed by atoms with van der Waals surface area (Å²) in [6.45, 7) is 0. The average Bonchev–Trinajstić information content (AvgIpc) is 3.74. The number of hydrogen-bond acceptors (Lipinski definition) is 4. The summed E-state index contributed by atoms with van der Waals surface area (Å²) in [4.78, 5) is 14.9. The summed E-state index contributed by atoms with van der Waals surface area (Å²) < 4.78 is 9.06. The van der Waals surface area contributed by atoms with Crippen molar-refractivity contribution in [2.24, 2.45) is 0 Å². The van der Waals surface area contributed by atoms with Crippen LogP contribution in [0.4, 0.5) is 0 Å². The van der Waals surface area contributed by atoms with Crippen LogP contribution in [0, 0.1) is 0 Å². The zero-order chi connectivity index (χ0) is 35.3. The predicted molar refractivity (Wildman–Crippen MR) is 220 cm³/mol. The molecule has 11 aromatic rings. The molecule has 1 aliphatic rings. The second-order valence-electron chi connectivity index (χ2n) is 13.9. The molecule has 0 radical (unpaired) electrons. The van der Waals surface area contributed by atoms with Crippen molar-refractivity contribution in [2.45, 2.75) is 0 Å². The highest BCUT2D eigenvalue weighted by atomic mass is 16.3. The van der Waals surface area contributed by atoms with E-state index in [1.165, 1.54) is 43.8 Å². The van der Waals surface area contributed by atoms with Crippen LogP contribution in [-0.4, -0.2) is 19.5 Å². The molecule has 0 atom stereocenters. The molecule has 0 N–H and O–H groups in total. The number of furan rings is 1. The van der Waals surface area contributed by atoms with E-state index in [1.54, 1.807) is 0 Å². The molecule has 0 bridgehead atoms. The van der Waals surface area contributed by atoms with Gasteiger partial charge in [-0.15, -0.1) is 0 Å². The predicted octanol–water partition coefficient (Wildman–Crippen LogP) is 12.7. The molecule has 0 fully saturated rings. The first kappa shape index (κ1) is 29.2. The van der Waals surface area contributed by atoms with Gasteiger partial charge in [0.2, 0.25) is 0 Å². The third kappa shape index (κ3) is 4.12. The van der Waals surface area contributed by atoms with E-state index in [2.05, 4.69) is 108 Å². The van der Waals surface area contributed by atoms with Gasteiger partial charge in [-0.25, -0.2) is 15.0 Å². The van der Waals surface area contributed by atoms with E-state index in [4.69, 9.17) is 19.4 Å². The molecule has 0 saturated carbocycles. The number of nitrogens with zero attached hydrogens (tertiary/aromatic N) is 4. The molecule has 8 aromatic carbocycles. The number of para-hydroxylation sites is 1. The quantitative estimate of drug-likeness (QED) is 0.185. The lowest BCUT2D eigenvalue weighted by Gasteiger charge is -2.14. The Kier molecular flexibility index (Phi) is 5.99. The summed E-state index contributed by atoms with van der Waals surface area (Å²) >= 11 is 0. The molecule has 5 heteroatoms. The van der Waals surface area contributed by atoms with Gasteiger partial charge in [-0.05, 0) is 63.9 Å². The van der Waals surface area contributed by atoms with Crippen LogP contribution in [0.15, 0.2) is 174 Å². The summed E-state index contributed by atoms with van der Waals surface area (Å²) in [5.74, 6) is 1.92. The second-order valence-corrected chi connectivity index (χ2v) is 13.9. The molecule has 0 amide bonds. The average molecular weight is 689 g/mol. The standard InChI is InChI=1S/C49H28N4O/c1-3-12-30(13-4-1)47-50-48(31-14-5-2-6-15-31)52-49(51-47)32-22-25-33(26-23-32)53-38-27-24-29-16-11-20-35-34-17-7-8-18-36(34)44-43-37-19-9-10-21-40(37)54-41(43)28-39(53)46(44)45(38)42(29)35/h1-28H. The molecular weight excluding hydrogens is 661 g/mol. The van der Waals surface area contributed by atoms with Crippen LogP contribution in [0.25, 0.3) is 117 Å². The summed E-state index contributed by atoms with van der Waals surface area (Å²) in [7, 11) is 0. The Balaban J connectivity index is 1.13. The number of benzene rings is 8. The van der Waals surface area contributed by atoms with Crippen molar-refractivity contribution >= 4 is 54.5 Å². The van der Waals surface area contributed by atoms with Gasteiger partial charge in [-0.1, -0.05) is 127 Å². The fraction of sp³-hybridized carbons (Fsp3) is 0. The van der Waals surface area contributed by atoms with Gasteiger partial charge >= 0.3 is 0 Å². The highest BCUT2D eigenvalue weighted by Crippen LogP contribution is 2.53. The smallest absolute Gasteiger partial charge is 0.164 e. The summed E-state index contributed by atoms with van der Waals surface area (Å²) in [6, 6.07) is 59.5. The van der Waals surface area contributed by atoms with Crippen molar-refractivity contribution in [1.82, 2.24) is 19.5 Å². The Morgan fingerprint density at radius 3 is 1.72 bits per heavy atom. The SMILES string of the molecule is c1ccc(-c2nc(-c3ccccc3)nc(-c3ccc(-n4c5cc6oc7ccccc7c6c6c5c5c7c(cccc7ccc54)-c4ccccc4-6)cc3)n2)cc1. The molecule has 54 heavy (non-hydrogen) atoms. The van der Waals surface area contributed by atoms with Gasteiger partial charge in [0, 0.05) is 55.6 Å². The highest BCUT2D eigenvalue weighted by Gasteiger charge is 2.28. The summed E-state index contributed by atoms with van der Waals surface area (Å²) in [5, 5.41) is 7.30. The first-order chi connectivity index (χ1) is 26.8. The maximum absolute atomic E-state index is 6.67. The fourth-order valence-electron chi connectivity index (χ4n) is 8.65. The molecule has 3 aromatic heterocycles. The third-order valence-corrected chi connectivity index (χ3v) is 11.0. The minimum absolute atomic E-state index is 0.629. The van der Waals surface area contributed by atoms with Gasteiger partial charge in [-0.3, -0.25) is 0 Å². The fourth-order valence-corrected chi connectivity index (χ4v) is 8.65. The van der Waals surface area contributed by atoms with Crippen molar-refractivity contribution in [3.8, 4) is 62.1 Å². The second kappa shape index (κ2) is 11.1. The van der Waals surface area contributed by atoms with Crippen molar-refractivity contribution in [2.75, 3.05) is 0 Å². The molecule has 0 aliphatic heterocycles. The van der Waals surface area contributed by atoms with E-state index < -0.39 is 0 Å². The van der Waals surface area contributed by atoms with Crippen molar-refractivity contribution in [3.05, 3.63) is 170 Å². The lowest BCUT2D eigenvalue weighted by atomic mass is 9.91. The minimum atomic E-state index is 0.629. The van der Waals surface area contributed by atoms with Crippen LogP contribution in [0.1, 0.15) is 0 Å². The van der Waals surface area contributed by atoms with E-state index >= 15 is 0 Å². The molecule has 250 valence electrons. The van der Waals surface area contributed by atoms with Crippen LogP contribution in [0.2, 0.25) is 0 Å². The van der Waals surface area contributed by atoms with Gasteiger partial charge in [0.25, 0.3) is 0 Å². The zero-order valence-corrected chi connectivity index (χ0v) is 28.9. The van der Waals surface area contributed by atoms with Crippen molar-refractivity contribution < 1.29 is 4.42 Å². The van der Waals surface area contributed by atoms with Crippen molar-refractivity contribution in [1.29, 1.82) is 0 Å². The first-order valence-electron chi connectivity index (χ1n) is 18.2. The third-order valence-electron chi connectivity index (χ3n) is 11.0. The van der Waals surface area contributed by atoms with Crippen LogP contribution >= 0.6 is 0 Å². The summed E-state index contributed by atoms with van der Waals surface area (Å²) in [5.41, 5.74) is 12.8. The van der Waals surface area contributed by atoms with E-state index in [0.29, 0.717) is 17.5 Å². The first-order valence-corrected chi connectivity index (χ1v) is 18.2. The largest absolute Gasteiger partial charge is 0.456 e. The monoisotopic (exact) mass is 688 g/mol. The molecule has 5 nitrogen and oxygen atoms in total. The Bertz CT molecular complexity index is 3250. The van der Waals surface area contributed by atoms with Crippen LogP contribution in [0.5, 0.6) is 0 Å². The van der Waals surface area contributed by atoms with E-state index in [9.17, 15) is 0 Å². The molecular formula is C49H28N4O. The van der Waals surface area contributed by atoms with Crippen LogP contribution < -0.4 is 0 Å².